The van der Waals surface area contributed by atoms with E-state index in [4.69, 9.17) is 14.8 Å². The van der Waals surface area contributed by atoms with Crippen molar-refractivity contribution < 1.29 is 36.8 Å². The number of carbonyl (C=O) groups is 3. The molecule has 1 fully saturated rings. The molecule has 3 amide bonds. The Labute approximate surface area is 236 Å². The SMILES string of the molecule is CCOP(=O)(OCC)c1ccc2c(C(N)=O)cn(CC(=O)N3C[C@H](F)C[C@H]3C(=O)NCc3cccc(C)c3F)c2c1. The number of hydrogen-bond acceptors (Lipinski definition) is 6. The summed E-state index contributed by atoms with van der Waals surface area (Å²) in [6, 6.07) is 8.27. The number of fused-ring (bicyclic) bond motifs is 1. The first-order valence-electron chi connectivity index (χ1n) is 13.3. The number of primary amides is 1. The third-order valence-corrected chi connectivity index (χ3v) is 9.06. The van der Waals surface area contributed by atoms with Crippen LogP contribution < -0.4 is 16.4 Å². The zero-order chi connectivity index (χ0) is 29.9. The number of carbonyl (C=O) groups excluding carboxylic acids is 3. The van der Waals surface area contributed by atoms with Crippen LogP contribution in [-0.4, -0.2) is 59.2 Å². The standard InChI is InChI=1S/C28H33F2N4O6P/c1-4-39-41(38,40-5-2)20-9-10-21-22(27(31)36)15-33(23(21)12-20)16-25(35)34-14-19(29)11-24(34)28(37)32-13-18-8-6-7-17(3)26(18)30/h6-10,12,15,19,24H,4-5,11,13-14,16H2,1-3H3,(H2,31,36)(H,32,37)/t19-,24+/m1/s1. The van der Waals surface area contributed by atoms with Gasteiger partial charge in [0, 0.05) is 30.1 Å². The molecule has 10 nitrogen and oxygen atoms in total. The number of nitrogens with one attached hydrogen (secondary N) is 1. The summed E-state index contributed by atoms with van der Waals surface area (Å²) >= 11 is 0. The molecule has 2 aromatic carbocycles. The lowest BCUT2D eigenvalue weighted by Crippen LogP contribution is -2.46. The molecule has 0 spiro atoms. The van der Waals surface area contributed by atoms with Crippen molar-refractivity contribution in [2.45, 2.75) is 52.5 Å². The molecule has 1 aromatic heterocycles. The van der Waals surface area contributed by atoms with E-state index in [-0.39, 0.29) is 55.7 Å². The summed E-state index contributed by atoms with van der Waals surface area (Å²) in [6.07, 6.45) is -0.245. The van der Waals surface area contributed by atoms with E-state index >= 15 is 0 Å². The minimum absolute atomic E-state index is 0.117. The van der Waals surface area contributed by atoms with Crippen molar-refractivity contribution in [1.29, 1.82) is 0 Å². The number of nitrogens with zero attached hydrogens (tertiary/aromatic N) is 2. The van der Waals surface area contributed by atoms with E-state index in [0.717, 1.165) is 4.90 Å². The van der Waals surface area contributed by atoms with E-state index in [1.54, 1.807) is 39.0 Å². The fourth-order valence-corrected chi connectivity index (χ4v) is 6.58. The van der Waals surface area contributed by atoms with Gasteiger partial charge in [0.2, 0.25) is 11.8 Å². The molecule has 0 bridgehead atoms. The largest absolute Gasteiger partial charge is 0.366 e. The van der Waals surface area contributed by atoms with E-state index in [0.29, 0.717) is 16.5 Å². The molecule has 1 aliphatic heterocycles. The Morgan fingerprint density at radius 3 is 2.51 bits per heavy atom. The molecule has 2 heterocycles. The van der Waals surface area contributed by atoms with E-state index in [9.17, 15) is 27.7 Å². The molecule has 41 heavy (non-hydrogen) atoms. The monoisotopic (exact) mass is 590 g/mol. The second-order valence-electron chi connectivity index (χ2n) is 9.73. The molecule has 0 aliphatic carbocycles. The summed E-state index contributed by atoms with van der Waals surface area (Å²) in [5.74, 6) is -2.37. The molecule has 1 saturated heterocycles. The van der Waals surface area contributed by atoms with Crippen molar-refractivity contribution in [2.75, 3.05) is 19.8 Å². The molecule has 1 aliphatic rings. The van der Waals surface area contributed by atoms with Gasteiger partial charge in [0.1, 0.15) is 24.6 Å². The smallest absolute Gasteiger partial charge is 0.361 e. The third kappa shape index (κ3) is 6.34. The van der Waals surface area contributed by atoms with Crippen molar-refractivity contribution >= 4 is 41.5 Å². The molecule has 0 unspecified atom stereocenters. The van der Waals surface area contributed by atoms with Gasteiger partial charge in [0.05, 0.1) is 36.1 Å². The highest BCUT2D eigenvalue weighted by atomic mass is 31.2. The van der Waals surface area contributed by atoms with Crippen LogP contribution in [-0.2, 0) is 36.3 Å². The maximum Gasteiger partial charge on any atom is 0.361 e. The van der Waals surface area contributed by atoms with Crippen molar-refractivity contribution in [2.24, 2.45) is 5.73 Å². The maximum absolute atomic E-state index is 14.5. The van der Waals surface area contributed by atoms with Gasteiger partial charge in [-0.05, 0) is 38.5 Å². The molecule has 3 aromatic rings. The quantitative estimate of drug-likeness (QED) is 0.329. The minimum atomic E-state index is -3.69. The molecular formula is C28H33F2N4O6P. The first-order valence-corrected chi connectivity index (χ1v) is 14.8. The van der Waals surface area contributed by atoms with Crippen LogP contribution in [0.4, 0.5) is 8.78 Å². The third-order valence-electron chi connectivity index (χ3n) is 6.95. The lowest BCUT2D eigenvalue weighted by atomic mass is 10.1. The van der Waals surface area contributed by atoms with Gasteiger partial charge in [-0.25, -0.2) is 8.78 Å². The molecule has 0 saturated carbocycles. The molecule has 4 rings (SSSR count). The Morgan fingerprint density at radius 1 is 1.15 bits per heavy atom. The van der Waals surface area contributed by atoms with E-state index in [2.05, 4.69) is 5.32 Å². The van der Waals surface area contributed by atoms with Crippen molar-refractivity contribution in [3.8, 4) is 0 Å². The van der Waals surface area contributed by atoms with Gasteiger partial charge in [-0.3, -0.25) is 18.9 Å². The normalized spacial score (nSPS) is 17.2. The van der Waals surface area contributed by atoms with Crippen molar-refractivity contribution in [3.63, 3.8) is 0 Å². The molecule has 220 valence electrons. The maximum atomic E-state index is 14.5. The second kappa shape index (κ2) is 12.5. The predicted octanol–water partition coefficient (Wildman–Crippen LogP) is 3.33. The zero-order valence-electron chi connectivity index (χ0n) is 23.1. The summed E-state index contributed by atoms with van der Waals surface area (Å²) < 4.78 is 54.5. The van der Waals surface area contributed by atoms with Gasteiger partial charge in [0.15, 0.2) is 0 Å². The van der Waals surface area contributed by atoms with E-state index in [1.165, 1.54) is 29.0 Å². The fraction of sp³-hybridized carbons (Fsp3) is 0.393. The number of nitrogens with two attached hydrogens (primary N) is 1. The topological polar surface area (TPSA) is 133 Å². The fourth-order valence-electron chi connectivity index (χ4n) is 4.99. The van der Waals surface area contributed by atoms with Crippen LogP contribution in [0.25, 0.3) is 10.9 Å². The first-order chi connectivity index (χ1) is 19.5. The number of halogens is 2. The number of alkyl halides is 1. The van der Waals surface area contributed by atoms with Gasteiger partial charge in [0.25, 0.3) is 5.91 Å². The predicted molar refractivity (Wildman–Crippen MR) is 149 cm³/mol. The summed E-state index contributed by atoms with van der Waals surface area (Å²) in [7, 11) is -3.69. The van der Waals surface area contributed by atoms with Gasteiger partial charge in [-0.15, -0.1) is 0 Å². The number of rotatable bonds is 11. The van der Waals surface area contributed by atoms with Crippen molar-refractivity contribution in [3.05, 3.63) is 65.1 Å². The number of aromatic nitrogens is 1. The number of likely N-dealkylation sites (tertiary alicyclic amines) is 1. The lowest BCUT2D eigenvalue weighted by Gasteiger charge is -2.24. The number of benzene rings is 2. The van der Waals surface area contributed by atoms with Crippen molar-refractivity contribution in [1.82, 2.24) is 14.8 Å². The number of hydrogen-bond donors (Lipinski definition) is 2. The summed E-state index contributed by atoms with van der Waals surface area (Å²) in [4.78, 5) is 39.7. The Kier molecular flexibility index (Phi) is 9.26. The van der Waals surface area contributed by atoms with Gasteiger partial charge in [-0.1, -0.05) is 24.3 Å². The molecule has 13 heteroatoms. The number of aryl methyl sites for hydroxylation is 1. The Bertz CT molecular complexity index is 1520. The van der Waals surface area contributed by atoms with Crippen LogP contribution in [0.2, 0.25) is 0 Å². The van der Waals surface area contributed by atoms with Gasteiger partial charge >= 0.3 is 7.60 Å². The van der Waals surface area contributed by atoms with Crippen LogP contribution in [0.1, 0.15) is 41.8 Å². The second-order valence-corrected chi connectivity index (χ2v) is 11.8. The van der Waals surface area contributed by atoms with E-state index < -0.39 is 43.3 Å². The van der Waals surface area contributed by atoms with Crippen LogP contribution in [0.3, 0.4) is 0 Å². The Balaban J connectivity index is 1.60. The Morgan fingerprint density at radius 2 is 1.85 bits per heavy atom. The van der Waals surface area contributed by atoms with Gasteiger partial charge < -0.3 is 29.6 Å². The highest BCUT2D eigenvalue weighted by molar-refractivity contribution is 7.62. The Hall–Kier alpha value is -3.60. The molecule has 0 radical (unpaired) electrons. The highest BCUT2D eigenvalue weighted by Gasteiger charge is 2.40. The average Bonchev–Trinajstić information content (AvgIpc) is 3.50. The summed E-state index contributed by atoms with van der Waals surface area (Å²) in [5, 5.41) is 3.24. The summed E-state index contributed by atoms with van der Waals surface area (Å²) in [6.45, 7) is 4.44. The highest BCUT2D eigenvalue weighted by Crippen LogP contribution is 2.47. The van der Waals surface area contributed by atoms with E-state index in [1.807, 2.05) is 0 Å². The average molecular weight is 591 g/mol. The van der Waals surface area contributed by atoms with Crippen LogP contribution in [0.5, 0.6) is 0 Å². The minimum Gasteiger partial charge on any atom is -0.366 e. The first kappa shape index (κ1) is 30.4. The zero-order valence-corrected chi connectivity index (χ0v) is 24.0. The lowest BCUT2D eigenvalue weighted by molar-refractivity contribution is -0.139. The number of amides is 3. The van der Waals surface area contributed by atoms with Crippen LogP contribution in [0.15, 0.2) is 42.6 Å². The molecular weight excluding hydrogens is 557 g/mol. The van der Waals surface area contributed by atoms with Crippen LogP contribution >= 0.6 is 7.60 Å². The van der Waals surface area contributed by atoms with Gasteiger partial charge in [-0.2, -0.15) is 0 Å². The summed E-state index contributed by atoms with van der Waals surface area (Å²) in [5.41, 5.74) is 6.75. The molecule has 3 N–H and O–H groups in total. The van der Waals surface area contributed by atoms with Crippen LogP contribution in [0, 0.1) is 12.7 Å². The molecule has 2 atom stereocenters.